The van der Waals surface area contributed by atoms with Crippen molar-refractivity contribution in [3.8, 4) is 0 Å². The molecule has 2 rings (SSSR count). The van der Waals surface area contributed by atoms with Crippen molar-refractivity contribution in [2.75, 3.05) is 6.61 Å². The first-order chi connectivity index (χ1) is 9.27. The van der Waals surface area contributed by atoms with Crippen molar-refractivity contribution in [3.63, 3.8) is 0 Å². The first kappa shape index (κ1) is 13.4. The van der Waals surface area contributed by atoms with Crippen molar-refractivity contribution in [1.82, 2.24) is 0 Å². The van der Waals surface area contributed by atoms with Crippen LogP contribution in [0, 0.1) is 0 Å². The molecule has 0 atom stereocenters. The van der Waals surface area contributed by atoms with E-state index in [0.717, 1.165) is 12.8 Å². The zero-order valence-electron chi connectivity index (χ0n) is 10.5. The van der Waals surface area contributed by atoms with Crippen LogP contribution < -0.4 is 0 Å². The number of benzene rings is 1. The van der Waals surface area contributed by atoms with Crippen LogP contribution in [0.3, 0.4) is 0 Å². The third-order valence-corrected chi connectivity index (χ3v) is 2.80. The monoisotopic (exact) mass is 260 g/mol. The van der Waals surface area contributed by atoms with Gasteiger partial charge in [0.25, 0.3) is 0 Å². The Labute approximate surface area is 111 Å². The molecule has 1 heterocycles. The summed E-state index contributed by atoms with van der Waals surface area (Å²) in [5, 5.41) is 8.86. The van der Waals surface area contributed by atoms with Crippen LogP contribution in [0.4, 0.5) is 0 Å². The number of hydrogen-bond acceptors (Lipinski definition) is 3. The predicted molar refractivity (Wildman–Crippen MR) is 70.1 cm³/mol. The van der Waals surface area contributed by atoms with E-state index in [4.69, 9.17) is 14.3 Å². The zero-order chi connectivity index (χ0) is 13.5. The maximum absolute atomic E-state index is 10.8. The number of aryl methyl sites for hydroxylation is 1. The third-order valence-electron chi connectivity index (χ3n) is 2.80. The van der Waals surface area contributed by atoms with Crippen LogP contribution in [0.25, 0.3) is 0 Å². The lowest BCUT2D eigenvalue weighted by molar-refractivity contribution is 0.0649. The second-order valence-corrected chi connectivity index (χ2v) is 4.22. The van der Waals surface area contributed by atoms with Crippen molar-refractivity contribution < 1.29 is 19.1 Å². The number of furan rings is 1. The largest absolute Gasteiger partial charge is 0.475 e. The highest BCUT2D eigenvalue weighted by Gasteiger charge is 2.13. The highest BCUT2D eigenvalue weighted by atomic mass is 16.5. The van der Waals surface area contributed by atoms with E-state index in [1.807, 2.05) is 18.2 Å². The number of aromatic carboxylic acids is 1. The molecule has 0 radical (unpaired) electrons. The summed E-state index contributed by atoms with van der Waals surface area (Å²) in [4.78, 5) is 10.8. The average Bonchev–Trinajstić information content (AvgIpc) is 2.88. The molecular weight excluding hydrogens is 244 g/mol. The van der Waals surface area contributed by atoms with Gasteiger partial charge >= 0.3 is 5.97 Å². The minimum Gasteiger partial charge on any atom is -0.475 e. The molecule has 0 spiro atoms. The second-order valence-electron chi connectivity index (χ2n) is 4.22. The van der Waals surface area contributed by atoms with Crippen LogP contribution in [0.15, 0.2) is 47.1 Å². The van der Waals surface area contributed by atoms with Gasteiger partial charge in [0.15, 0.2) is 0 Å². The fourth-order valence-electron chi connectivity index (χ4n) is 1.84. The number of hydrogen-bond donors (Lipinski definition) is 1. The van der Waals surface area contributed by atoms with E-state index in [2.05, 4.69) is 12.1 Å². The zero-order valence-corrected chi connectivity index (χ0v) is 10.5. The minimum atomic E-state index is -1.06. The number of carboxylic acid groups (broad SMARTS) is 1. The van der Waals surface area contributed by atoms with E-state index in [1.165, 1.54) is 11.8 Å². The Hall–Kier alpha value is -2.07. The van der Waals surface area contributed by atoms with E-state index < -0.39 is 5.97 Å². The molecule has 0 aliphatic heterocycles. The second kappa shape index (κ2) is 6.75. The summed E-state index contributed by atoms with van der Waals surface area (Å²) in [5.41, 5.74) is 1.85. The minimum absolute atomic E-state index is 0.0388. The lowest BCUT2D eigenvalue weighted by Gasteiger charge is -2.04. The summed E-state index contributed by atoms with van der Waals surface area (Å²) in [5.74, 6) is -1.10. The summed E-state index contributed by atoms with van der Waals surface area (Å²) < 4.78 is 10.3. The van der Waals surface area contributed by atoms with E-state index in [1.54, 1.807) is 6.07 Å². The van der Waals surface area contributed by atoms with Crippen LogP contribution in [0.5, 0.6) is 0 Å². The molecule has 0 amide bonds. The lowest BCUT2D eigenvalue weighted by atomic mass is 10.1. The summed E-state index contributed by atoms with van der Waals surface area (Å²) in [7, 11) is 0. The predicted octanol–water partition coefficient (Wildman–Crippen LogP) is 3.13. The molecule has 0 aliphatic carbocycles. The molecule has 0 fully saturated rings. The Kier molecular flexibility index (Phi) is 4.75. The molecule has 0 bridgehead atoms. The molecule has 0 saturated heterocycles. The van der Waals surface area contributed by atoms with Gasteiger partial charge in [0.1, 0.15) is 0 Å². The van der Waals surface area contributed by atoms with Crippen LogP contribution >= 0.6 is 0 Å². The van der Waals surface area contributed by atoms with E-state index >= 15 is 0 Å². The summed E-state index contributed by atoms with van der Waals surface area (Å²) in [6, 6.07) is 11.8. The molecule has 0 unspecified atom stereocenters. The molecule has 0 saturated carbocycles. The third kappa shape index (κ3) is 3.96. The molecule has 100 valence electrons. The van der Waals surface area contributed by atoms with Gasteiger partial charge < -0.3 is 14.3 Å². The normalized spacial score (nSPS) is 10.5. The Morgan fingerprint density at radius 1 is 1.21 bits per heavy atom. The van der Waals surface area contributed by atoms with Gasteiger partial charge in [-0.05, 0) is 24.5 Å². The molecule has 0 aliphatic rings. The summed E-state index contributed by atoms with van der Waals surface area (Å²) in [6.45, 7) is 0.867. The first-order valence-corrected chi connectivity index (χ1v) is 6.18. The van der Waals surface area contributed by atoms with Crippen LogP contribution in [-0.2, 0) is 17.8 Å². The molecule has 1 aromatic heterocycles. The number of carboxylic acids is 1. The van der Waals surface area contributed by atoms with E-state index in [-0.39, 0.29) is 12.4 Å². The Bertz CT molecular complexity index is 516. The first-order valence-electron chi connectivity index (χ1n) is 6.18. The van der Waals surface area contributed by atoms with Crippen LogP contribution in [0.2, 0.25) is 0 Å². The SMILES string of the molecule is O=C(O)c1occc1COCCCc1ccccc1. The maximum atomic E-state index is 10.8. The molecule has 1 aromatic carbocycles. The topological polar surface area (TPSA) is 59.7 Å². The van der Waals surface area contributed by atoms with Crippen LogP contribution in [0.1, 0.15) is 28.1 Å². The Morgan fingerprint density at radius 3 is 2.74 bits per heavy atom. The number of carbonyl (C=O) groups is 1. The average molecular weight is 260 g/mol. The lowest BCUT2D eigenvalue weighted by Crippen LogP contribution is -2.02. The highest BCUT2D eigenvalue weighted by molar-refractivity contribution is 5.85. The fourth-order valence-corrected chi connectivity index (χ4v) is 1.84. The standard InChI is InChI=1S/C15H16O4/c16-15(17)14-13(8-10-19-14)11-18-9-4-7-12-5-2-1-3-6-12/h1-3,5-6,8,10H,4,7,9,11H2,(H,16,17). The summed E-state index contributed by atoms with van der Waals surface area (Å²) >= 11 is 0. The quantitative estimate of drug-likeness (QED) is 0.777. The van der Waals surface area contributed by atoms with Gasteiger partial charge in [-0.1, -0.05) is 30.3 Å². The maximum Gasteiger partial charge on any atom is 0.372 e. The van der Waals surface area contributed by atoms with Crippen molar-refractivity contribution in [1.29, 1.82) is 0 Å². The highest BCUT2D eigenvalue weighted by Crippen LogP contribution is 2.12. The van der Waals surface area contributed by atoms with Gasteiger partial charge in [0.05, 0.1) is 12.9 Å². The Balaban J connectivity index is 1.70. The number of ether oxygens (including phenoxy) is 1. The molecule has 19 heavy (non-hydrogen) atoms. The van der Waals surface area contributed by atoms with Gasteiger partial charge in [-0.15, -0.1) is 0 Å². The molecular formula is C15H16O4. The van der Waals surface area contributed by atoms with E-state index in [9.17, 15) is 4.79 Å². The molecule has 2 aromatic rings. The van der Waals surface area contributed by atoms with Gasteiger partial charge in [-0.2, -0.15) is 0 Å². The van der Waals surface area contributed by atoms with E-state index in [0.29, 0.717) is 12.2 Å². The van der Waals surface area contributed by atoms with Gasteiger partial charge in [0, 0.05) is 12.2 Å². The van der Waals surface area contributed by atoms with Crippen LogP contribution in [-0.4, -0.2) is 17.7 Å². The smallest absolute Gasteiger partial charge is 0.372 e. The van der Waals surface area contributed by atoms with Crippen molar-refractivity contribution in [2.24, 2.45) is 0 Å². The van der Waals surface area contributed by atoms with Crippen molar-refractivity contribution >= 4 is 5.97 Å². The summed E-state index contributed by atoms with van der Waals surface area (Å²) in [6.07, 6.45) is 3.23. The Morgan fingerprint density at radius 2 is 2.00 bits per heavy atom. The fraction of sp³-hybridized carbons (Fsp3) is 0.267. The van der Waals surface area contributed by atoms with Gasteiger partial charge in [-0.3, -0.25) is 0 Å². The number of rotatable bonds is 7. The van der Waals surface area contributed by atoms with Crippen molar-refractivity contribution in [2.45, 2.75) is 19.4 Å². The van der Waals surface area contributed by atoms with Crippen molar-refractivity contribution in [3.05, 3.63) is 59.5 Å². The molecule has 4 heteroatoms. The van der Waals surface area contributed by atoms with Gasteiger partial charge in [0.2, 0.25) is 5.76 Å². The molecule has 1 N–H and O–H groups in total. The van der Waals surface area contributed by atoms with Gasteiger partial charge in [-0.25, -0.2) is 4.79 Å². The molecule has 4 nitrogen and oxygen atoms in total.